The van der Waals surface area contributed by atoms with Crippen LogP contribution in [0.2, 0.25) is 0 Å². The highest BCUT2D eigenvalue weighted by Crippen LogP contribution is 2.37. The van der Waals surface area contributed by atoms with Gasteiger partial charge in [0.15, 0.2) is 33.9 Å². The standard InChI is InChI=1S/C39H24N12.CH4/c1-4-10-28(11-5-1)49-34(46-31-37(49)43-19-16-40-31)25-22-26(35-47-32-38(44-20-17-41-32)50(35)29-12-6-2-7-13-29)24-27(23-25)36-48-33-39(45-21-18-42-33)51(36)30-14-8-3-9-15-30;/h1-24H;1H4. The molecule has 4 aromatic carbocycles. The second-order valence-corrected chi connectivity index (χ2v) is 11.7. The molecule has 6 heterocycles. The van der Waals surface area contributed by atoms with E-state index in [2.05, 4.69) is 33.2 Å². The van der Waals surface area contributed by atoms with Gasteiger partial charge < -0.3 is 0 Å². The van der Waals surface area contributed by atoms with Crippen molar-refractivity contribution in [3.05, 3.63) is 146 Å². The number of fused-ring (bicyclic) bond motifs is 3. The van der Waals surface area contributed by atoms with Crippen molar-refractivity contribution in [1.29, 1.82) is 0 Å². The van der Waals surface area contributed by atoms with Gasteiger partial charge in [0.05, 0.1) is 0 Å². The number of imidazole rings is 3. The van der Waals surface area contributed by atoms with Crippen LogP contribution in [0.4, 0.5) is 0 Å². The van der Waals surface area contributed by atoms with Crippen LogP contribution in [0.5, 0.6) is 0 Å². The molecule has 0 aliphatic carbocycles. The van der Waals surface area contributed by atoms with Gasteiger partial charge in [-0.15, -0.1) is 0 Å². The van der Waals surface area contributed by atoms with Gasteiger partial charge in [0.25, 0.3) is 0 Å². The Kier molecular flexibility index (Phi) is 7.32. The van der Waals surface area contributed by atoms with Crippen LogP contribution < -0.4 is 0 Å². The van der Waals surface area contributed by atoms with E-state index < -0.39 is 0 Å². The molecule has 248 valence electrons. The van der Waals surface area contributed by atoms with Crippen molar-refractivity contribution in [2.45, 2.75) is 7.43 Å². The molecule has 6 aromatic heterocycles. The van der Waals surface area contributed by atoms with E-state index in [1.54, 1.807) is 37.2 Å². The van der Waals surface area contributed by atoms with Crippen LogP contribution in [0.1, 0.15) is 7.43 Å². The average molecular weight is 677 g/mol. The molecule has 0 aliphatic rings. The van der Waals surface area contributed by atoms with E-state index in [4.69, 9.17) is 29.9 Å². The van der Waals surface area contributed by atoms with Crippen molar-refractivity contribution in [1.82, 2.24) is 58.6 Å². The highest BCUT2D eigenvalue weighted by atomic mass is 15.2. The Balaban J connectivity index is 0.00000360. The van der Waals surface area contributed by atoms with Crippen molar-refractivity contribution in [3.63, 3.8) is 0 Å². The van der Waals surface area contributed by atoms with E-state index in [1.165, 1.54) is 0 Å². The molecule has 0 bridgehead atoms. The summed E-state index contributed by atoms with van der Waals surface area (Å²) in [5, 5.41) is 0. The first kappa shape index (κ1) is 30.6. The number of hydrogen-bond acceptors (Lipinski definition) is 9. The topological polar surface area (TPSA) is 131 Å². The lowest BCUT2D eigenvalue weighted by molar-refractivity contribution is 1.06. The summed E-state index contributed by atoms with van der Waals surface area (Å²) in [5.74, 6) is 1.97. The number of para-hydroxylation sites is 3. The number of nitrogens with zero attached hydrogens (tertiary/aromatic N) is 12. The fourth-order valence-electron chi connectivity index (χ4n) is 6.49. The van der Waals surface area contributed by atoms with Crippen molar-refractivity contribution < 1.29 is 0 Å². The first-order valence-electron chi connectivity index (χ1n) is 16.2. The molecule has 0 radical (unpaired) electrons. The quantitative estimate of drug-likeness (QED) is 0.174. The molecule has 12 heteroatoms. The predicted molar refractivity (Wildman–Crippen MR) is 200 cm³/mol. The third-order valence-electron chi connectivity index (χ3n) is 8.64. The Hall–Kier alpha value is -7.47. The number of rotatable bonds is 6. The second-order valence-electron chi connectivity index (χ2n) is 11.7. The Labute approximate surface area is 296 Å². The zero-order valence-electron chi connectivity index (χ0n) is 26.7. The molecule has 0 fully saturated rings. The predicted octanol–water partition coefficient (Wildman–Crippen LogP) is 7.71. The molecule has 0 aliphatic heterocycles. The maximum absolute atomic E-state index is 5.06. The smallest absolute Gasteiger partial charge is 0.198 e. The zero-order valence-corrected chi connectivity index (χ0v) is 26.7. The molecular weight excluding hydrogens is 649 g/mol. The molecule has 52 heavy (non-hydrogen) atoms. The van der Waals surface area contributed by atoms with Crippen molar-refractivity contribution >= 4 is 33.9 Å². The van der Waals surface area contributed by atoms with Crippen LogP contribution in [0.15, 0.2) is 146 Å². The third-order valence-corrected chi connectivity index (χ3v) is 8.64. The van der Waals surface area contributed by atoms with Crippen LogP contribution in [-0.2, 0) is 0 Å². The van der Waals surface area contributed by atoms with Crippen molar-refractivity contribution in [2.75, 3.05) is 0 Å². The van der Waals surface area contributed by atoms with Gasteiger partial charge in [0, 0.05) is 70.9 Å². The maximum Gasteiger partial charge on any atom is 0.198 e. The van der Waals surface area contributed by atoms with Gasteiger partial charge in [-0.05, 0) is 54.6 Å². The van der Waals surface area contributed by atoms with Gasteiger partial charge in [-0.2, -0.15) is 0 Å². The van der Waals surface area contributed by atoms with Crippen molar-refractivity contribution in [3.8, 4) is 51.2 Å². The van der Waals surface area contributed by atoms with Crippen molar-refractivity contribution in [2.24, 2.45) is 0 Å². The number of hydrogen-bond donors (Lipinski definition) is 0. The van der Waals surface area contributed by atoms with Gasteiger partial charge in [0.1, 0.15) is 17.5 Å². The highest BCUT2D eigenvalue weighted by Gasteiger charge is 2.24. The Morgan fingerprint density at radius 2 is 0.596 bits per heavy atom. The van der Waals surface area contributed by atoms with Crippen LogP contribution in [0, 0.1) is 0 Å². The fourth-order valence-corrected chi connectivity index (χ4v) is 6.49. The second kappa shape index (κ2) is 12.4. The summed E-state index contributed by atoms with van der Waals surface area (Å²) in [7, 11) is 0. The summed E-state index contributed by atoms with van der Waals surface area (Å²) >= 11 is 0. The summed E-state index contributed by atoms with van der Waals surface area (Å²) in [6.45, 7) is 0. The normalized spacial score (nSPS) is 11.3. The summed E-state index contributed by atoms with van der Waals surface area (Å²) in [6.07, 6.45) is 10.0. The minimum absolute atomic E-state index is 0. The van der Waals surface area contributed by atoms with Crippen LogP contribution in [-0.4, -0.2) is 58.6 Å². The van der Waals surface area contributed by atoms with Crippen LogP contribution >= 0.6 is 0 Å². The minimum Gasteiger partial charge on any atom is -0.275 e. The lowest BCUT2D eigenvalue weighted by Crippen LogP contribution is -2.02. The summed E-state index contributed by atoms with van der Waals surface area (Å²) in [5.41, 5.74) is 8.59. The molecule has 0 atom stereocenters. The van der Waals surface area contributed by atoms with Gasteiger partial charge in [-0.1, -0.05) is 62.0 Å². The molecule has 10 aromatic rings. The average Bonchev–Trinajstić information content (AvgIpc) is 3.91. The first-order chi connectivity index (χ1) is 25.3. The van der Waals surface area contributed by atoms with E-state index in [1.807, 2.05) is 105 Å². The maximum atomic E-state index is 5.06. The minimum atomic E-state index is 0. The molecule has 10 rings (SSSR count). The van der Waals surface area contributed by atoms with E-state index in [0.717, 1.165) is 33.8 Å². The first-order valence-corrected chi connectivity index (χ1v) is 16.2. The summed E-state index contributed by atoms with van der Waals surface area (Å²) < 4.78 is 6.08. The Morgan fingerprint density at radius 1 is 0.327 bits per heavy atom. The van der Waals surface area contributed by atoms with Crippen LogP contribution in [0.3, 0.4) is 0 Å². The van der Waals surface area contributed by atoms with E-state index in [9.17, 15) is 0 Å². The van der Waals surface area contributed by atoms with E-state index in [0.29, 0.717) is 51.4 Å². The lowest BCUT2D eigenvalue weighted by atomic mass is 10.0. The van der Waals surface area contributed by atoms with E-state index >= 15 is 0 Å². The largest absolute Gasteiger partial charge is 0.275 e. The van der Waals surface area contributed by atoms with Gasteiger partial charge in [-0.25, -0.2) is 44.9 Å². The van der Waals surface area contributed by atoms with E-state index in [-0.39, 0.29) is 7.43 Å². The lowest BCUT2D eigenvalue weighted by Gasteiger charge is -2.14. The van der Waals surface area contributed by atoms with Gasteiger partial charge in [-0.3, -0.25) is 13.7 Å². The summed E-state index contributed by atoms with van der Waals surface area (Å²) in [4.78, 5) is 43.0. The molecule has 0 saturated carbocycles. The molecule has 0 spiro atoms. The molecule has 0 unspecified atom stereocenters. The van der Waals surface area contributed by atoms with Gasteiger partial charge >= 0.3 is 0 Å². The molecule has 0 saturated heterocycles. The molecule has 0 amide bonds. The SMILES string of the molecule is C.c1ccc(-n2c(-c3cc(-c4nc5nccnc5n4-c4ccccc4)cc(-c4nc5nccnc5n4-c4ccccc4)c3)nc3nccnc32)cc1. The fraction of sp³-hybridized carbons (Fsp3) is 0.0250. The number of aromatic nitrogens is 12. The highest BCUT2D eigenvalue weighted by molar-refractivity contribution is 5.86. The molecular formula is C40H28N12. The molecule has 12 nitrogen and oxygen atoms in total. The van der Waals surface area contributed by atoms with Gasteiger partial charge in [0.2, 0.25) is 0 Å². The Bertz CT molecular complexity index is 2540. The zero-order chi connectivity index (χ0) is 33.7. The third kappa shape index (κ3) is 4.97. The van der Waals surface area contributed by atoms with Crippen LogP contribution in [0.25, 0.3) is 85.1 Å². The number of benzene rings is 4. The monoisotopic (exact) mass is 676 g/mol. The summed E-state index contributed by atoms with van der Waals surface area (Å²) in [6, 6.07) is 36.3. The Morgan fingerprint density at radius 3 is 0.885 bits per heavy atom. The molecule has 0 N–H and O–H groups in total.